The zero-order chi connectivity index (χ0) is 40.9. The molecule has 1 heterocycles. The summed E-state index contributed by atoms with van der Waals surface area (Å²) in [6.07, 6.45) is -5.71. The van der Waals surface area contributed by atoms with Gasteiger partial charge in [0.1, 0.15) is 12.7 Å². The summed E-state index contributed by atoms with van der Waals surface area (Å²) in [5.41, 5.74) is 5.29. The Balaban J connectivity index is 1.36. The first-order valence-corrected chi connectivity index (χ1v) is 18.6. The minimum absolute atomic E-state index is 0.0696. The number of hydrogen-bond acceptors (Lipinski definition) is 12. The summed E-state index contributed by atoms with van der Waals surface area (Å²) in [5.74, 6) is -3.12. The molecule has 14 heteroatoms. The lowest BCUT2D eigenvalue weighted by Crippen LogP contribution is -2.66. The van der Waals surface area contributed by atoms with Crippen LogP contribution in [0.3, 0.4) is 0 Å². The van der Waals surface area contributed by atoms with Gasteiger partial charge in [-0.15, -0.1) is 0 Å². The van der Waals surface area contributed by atoms with Crippen LogP contribution >= 0.6 is 12.2 Å². The maximum absolute atomic E-state index is 13.8. The van der Waals surface area contributed by atoms with E-state index < -0.39 is 61.1 Å². The molecule has 0 spiro atoms. The fraction of sp³-hybridized carbons (Fsp3) is 0.182. The van der Waals surface area contributed by atoms with Gasteiger partial charge < -0.3 is 33.9 Å². The number of anilines is 1. The largest absolute Gasteiger partial charge is 0.459 e. The normalized spacial score (nSPS) is 18.6. The number of esters is 4. The van der Waals surface area contributed by atoms with Gasteiger partial charge in [0, 0.05) is 19.8 Å². The van der Waals surface area contributed by atoms with E-state index in [0.29, 0.717) is 0 Å². The van der Waals surface area contributed by atoms with Gasteiger partial charge in [0.2, 0.25) is 0 Å². The summed E-state index contributed by atoms with van der Waals surface area (Å²) >= 11 is 5.60. The molecule has 1 saturated heterocycles. The van der Waals surface area contributed by atoms with Crippen LogP contribution in [-0.2, 0) is 23.7 Å². The molecule has 0 saturated carbocycles. The van der Waals surface area contributed by atoms with Crippen LogP contribution in [0.1, 0.15) is 47.0 Å². The number of carbonyl (C=O) groups excluding carboxylic acids is 4. The number of benzene rings is 5. The van der Waals surface area contributed by atoms with Crippen molar-refractivity contribution in [1.82, 2.24) is 10.7 Å². The van der Waals surface area contributed by atoms with Crippen molar-refractivity contribution in [2.75, 3.05) is 25.6 Å². The molecule has 1 fully saturated rings. The van der Waals surface area contributed by atoms with E-state index in [9.17, 15) is 19.2 Å². The molecule has 5 atom stereocenters. The molecule has 13 nitrogen and oxygen atoms in total. The average molecular weight is 801 g/mol. The van der Waals surface area contributed by atoms with E-state index in [0.717, 1.165) is 11.3 Å². The fourth-order valence-corrected chi connectivity index (χ4v) is 6.04. The Morgan fingerprint density at radius 2 is 1.05 bits per heavy atom. The molecule has 0 aliphatic carbocycles. The van der Waals surface area contributed by atoms with Crippen molar-refractivity contribution >= 4 is 53.1 Å². The predicted octanol–water partition coefficient (Wildman–Crippen LogP) is 5.81. The smallest absolute Gasteiger partial charge is 0.338 e. The summed E-state index contributed by atoms with van der Waals surface area (Å²) < 4.78 is 30.4. The molecule has 0 radical (unpaired) electrons. The Bertz CT molecular complexity index is 2190. The van der Waals surface area contributed by atoms with E-state index in [4.69, 9.17) is 35.9 Å². The Morgan fingerprint density at radius 1 is 0.621 bits per heavy atom. The number of hydrazone groups is 1. The molecule has 1 aliphatic heterocycles. The van der Waals surface area contributed by atoms with Gasteiger partial charge in [-0.3, -0.25) is 5.43 Å². The first-order chi connectivity index (χ1) is 28.2. The molecule has 2 N–H and O–H groups in total. The lowest BCUT2D eigenvalue weighted by Gasteiger charge is -2.44. The Hall–Kier alpha value is -6.90. The predicted molar refractivity (Wildman–Crippen MR) is 220 cm³/mol. The van der Waals surface area contributed by atoms with Crippen LogP contribution in [0.15, 0.2) is 151 Å². The molecule has 1 aliphatic rings. The summed E-state index contributed by atoms with van der Waals surface area (Å²) in [7, 11) is 3.87. The van der Waals surface area contributed by atoms with E-state index in [2.05, 4.69) is 15.8 Å². The number of nitrogens with zero attached hydrogens (tertiary/aromatic N) is 2. The van der Waals surface area contributed by atoms with Crippen LogP contribution < -0.4 is 15.6 Å². The second-order valence-corrected chi connectivity index (χ2v) is 13.5. The third-order valence-electron chi connectivity index (χ3n) is 8.84. The number of hydrogen-bond donors (Lipinski definition) is 2. The number of ether oxygens (including phenoxy) is 5. The first-order valence-electron chi connectivity index (χ1n) is 18.2. The van der Waals surface area contributed by atoms with E-state index in [1.807, 2.05) is 43.3 Å². The van der Waals surface area contributed by atoms with Crippen molar-refractivity contribution < 1.29 is 42.9 Å². The highest BCUT2D eigenvalue weighted by Gasteiger charge is 2.53. The number of nitrogens with one attached hydrogen (secondary N) is 2. The Kier molecular flexibility index (Phi) is 13.9. The molecule has 0 unspecified atom stereocenters. The topological polar surface area (TPSA) is 154 Å². The van der Waals surface area contributed by atoms with Crippen LogP contribution in [0.25, 0.3) is 0 Å². The van der Waals surface area contributed by atoms with E-state index in [1.54, 1.807) is 115 Å². The van der Waals surface area contributed by atoms with Gasteiger partial charge in [0.05, 0.1) is 28.5 Å². The maximum atomic E-state index is 13.8. The standard InChI is InChI=1S/C44H40N4O9S/c1-48(2)34-25-23-29(24-26-34)27-45-47-44(58)46-39-38(57-43(52)33-21-13-6-14-22-33)37(56-42(51)32-19-11-5-12-20-32)36(55-41(50)31-17-9-4-10-18-31)35(54-39)28-53-40(49)30-15-7-3-8-16-30/h3-27,35-39H,28H2,1-2H3,(H2,46,47,58)/b45-27+/t35-,36-,37+,38-,39-/m1/s1. The van der Waals surface area contributed by atoms with Crippen molar-refractivity contribution in [3.05, 3.63) is 173 Å². The molecule has 6 rings (SSSR count). The monoisotopic (exact) mass is 800 g/mol. The summed E-state index contributed by atoms with van der Waals surface area (Å²) in [4.78, 5) is 56.4. The van der Waals surface area contributed by atoms with Gasteiger partial charge in [0.15, 0.2) is 29.7 Å². The highest BCUT2D eigenvalue weighted by Crippen LogP contribution is 2.30. The van der Waals surface area contributed by atoms with Gasteiger partial charge in [-0.25, -0.2) is 19.2 Å². The second-order valence-electron chi connectivity index (χ2n) is 13.1. The highest BCUT2D eigenvalue weighted by atomic mass is 32.1. The molecular formula is C44H40N4O9S. The fourth-order valence-electron chi connectivity index (χ4n) is 5.87. The van der Waals surface area contributed by atoms with Crippen LogP contribution in [0, 0.1) is 0 Å². The number of thiocarbonyl (C=S) groups is 1. The molecule has 5 aromatic rings. The van der Waals surface area contributed by atoms with Crippen molar-refractivity contribution in [3.63, 3.8) is 0 Å². The molecule has 58 heavy (non-hydrogen) atoms. The summed E-state index contributed by atoms with van der Waals surface area (Å²) in [6.45, 7) is -0.487. The zero-order valence-corrected chi connectivity index (χ0v) is 32.3. The van der Waals surface area contributed by atoms with Crippen LogP contribution in [0.2, 0.25) is 0 Å². The van der Waals surface area contributed by atoms with Gasteiger partial charge >= 0.3 is 23.9 Å². The SMILES string of the molecule is CN(C)c1ccc(/C=N/NC(=S)N[C@@H]2O[C@H](COC(=O)c3ccccc3)[C@@H](OC(=O)c3ccccc3)[C@H](OC(=O)c3ccccc3)[C@H]2OC(=O)c2ccccc2)cc1. The minimum atomic E-state index is -1.55. The van der Waals surface area contributed by atoms with Gasteiger partial charge in [0.25, 0.3) is 0 Å². The van der Waals surface area contributed by atoms with E-state index >= 15 is 0 Å². The second kappa shape index (κ2) is 19.8. The Labute approximate surface area is 340 Å². The molecule has 0 amide bonds. The number of rotatable bonds is 13. The van der Waals surface area contributed by atoms with Crippen molar-refractivity contribution in [2.24, 2.45) is 5.10 Å². The average Bonchev–Trinajstić information content (AvgIpc) is 3.26. The third-order valence-corrected chi connectivity index (χ3v) is 9.05. The highest BCUT2D eigenvalue weighted by molar-refractivity contribution is 7.80. The molecular weight excluding hydrogens is 761 g/mol. The van der Waals surface area contributed by atoms with Gasteiger partial charge in [-0.2, -0.15) is 5.10 Å². The van der Waals surface area contributed by atoms with Crippen LogP contribution in [0.4, 0.5) is 5.69 Å². The third kappa shape index (κ3) is 10.9. The van der Waals surface area contributed by atoms with Crippen molar-refractivity contribution in [3.8, 4) is 0 Å². The minimum Gasteiger partial charge on any atom is -0.459 e. The lowest BCUT2D eigenvalue weighted by molar-refractivity contribution is -0.232. The summed E-state index contributed by atoms with van der Waals surface area (Å²) in [6, 6.07) is 40.2. The summed E-state index contributed by atoms with van der Waals surface area (Å²) in [5, 5.41) is 7.14. The molecule has 0 bridgehead atoms. The quantitative estimate of drug-likeness (QED) is 0.0485. The zero-order valence-electron chi connectivity index (χ0n) is 31.5. The van der Waals surface area contributed by atoms with E-state index in [1.165, 1.54) is 12.1 Å². The van der Waals surface area contributed by atoms with Gasteiger partial charge in [-0.1, -0.05) is 84.9 Å². The number of carbonyl (C=O) groups is 4. The lowest BCUT2D eigenvalue weighted by atomic mass is 9.96. The maximum Gasteiger partial charge on any atom is 0.338 e. The Morgan fingerprint density at radius 3 is 1.52 bits per heavy atom. The molecule has 0 aromatic heterocycles. The van der Waals surface area contributed by atoms with Gasteiger partial charge in [-0.05, 0) is 78.4 Å². The van der Waals surface area contributed by atoms with E-state index in [-0.39, 0.29) is 27.4 Å². The van der Waals surface area contributed by atoms with Crippen LogP contribution in [-0.4, -0.2) is 86.6 Å². The molecule has 296 valence electrons. The molecule has 5 aromatic carbocycles. The van der Waals surface area contributed by atoms with Crippen molar-refractivity contribution in [2.45, 2.75) is 30.6 Å². The van der Waals surface area contributed by atoms with Crippen LogP contribution in [0.5, 0.6) is 0 Å². The first kappa shape index (κ1) is 40.8. The van der Waals surface area contributed by atoms with Crippen molar-refractivity contribution in [1.29, 1.82) is 0 Å².